The Hall–Kier alpha value is -1.43. The Morgan fingerprint density at radius 2 is 2.41 bits per heavy atom. The number of amides is 1. The molecule has 0 aliphatic heterocycles. The fourth-order valence-electron chi connectivity index (χ4n) is 1.78. The summed E-state index contributed by atoms with van der Waals surface area (Å²) in [4.78, 5) is 12.2. The standard InChI is InChI=1S/C11H16N4OS/c1-15-7-3-8(14-15)2-6-13-10(16)11(4-5-11)9(12)17/h3,7H,2,4-6H2,1H3,(H2,12,17)(H,13,16). The molecule has 3 N–H and O–H groups in total. The monoisotopic (exact) mass is 252 g/mol. The number of carbonyl (C=O) groups excluding carboxylic acids is 1. The molecule has 0 spiro atoms. The van der Waals surface area contributed by atoms with E-state index in [0.29, 0.717) is 11.5 Å². The number of nitrogens with zero attached hydrogens (tertiary/aromatic N) is 2. The molecule has 0 aromatic carbocycles. The van der Waals surface area contributed by atoms with E-state index in [1.54, 1.807) is 4.68 Å². The van der Waals surface area contributed by atoms with Crippen LogP contribution in [-0.4, -0.2) is 27.2 Å². The van der Waals surface area contributed by atoms with Gasteiger partial charge in [0.15, 0.2) is 0 Å². The van der Waals surface area contributed by atoms with Crippen LogP contribution in [0.3, 0.4) is 0 Å². The summed E-state index contributed by atoms with van der Waals surface area (Å²) in [5, 5.41) is 7.10. The maximum absolute atomic E-state index is 11.9. The van der Waals surface area contributed by atoms with Crippen molar-refractivity contribution in [2.45, 2.75) is 19.3 Å². The lowest BCUT2D eigenvalue weighted by Gasteiger charge is -2.12. The Morgan fingerprint density at radius 3 is 2.88 bits per heavy atom. The number of carbonyl (C=O) groups is 1. The van der Waals surface area contributed by atoms with Crippen molar-refractivity contribution in [3.05, 3.63) is 18.0 Å². The zero-order valence-electron chi connectivity index (χ0n) is 9.77. The quantitative estimate of drug-likeness (QED) is 0.731. The van der Waals surface area contributed by atoms with Gasteiger partial charge in [-0.3, -0.25) is 9.48 Å². The highest BCUT2D eigenvalue weighted by Crippen LogP contribution is 2.46. The summed E-state index contributed by atoms with van der Waals surface area (Å²) >= 11 is 4.92. The molecule has 0 radical (unpaired) electrons. The average molecular weight is 252 g/mol. The summed E-state index contributed by atoms with van der Waals surface area (Å²) in [6.07, 6.45) is 4.16. The number of hydrogen-bond acceptors (Lipinski definition) is 3. The van der Waals surface area contributed by atoms with E-state index < -0.39 is 5.41 Å². The molecule has 5 nitrogen and oxygen atoms in total. The van der Waals surface area contributed by atoms with Gasteiger partial charge in [-0.15, -0.1) is 0 Å². The second-order valence-corrected chi connectivity index (χ2v) is 4.87. The van der Waals surface area contributed by atoms with Crippen LogP contribution in [-0.2, 0) is 18.3 Å². The maximum atomic E-state index is 11.9. The predicted octanol–water partition coefficient (Wildman–Crippen LogP) is 0.145. The summed E-state index contributed by atoms with van der Waals surface area (Å²) < 4.78 is 1.74. The van der Waals surface area contributed by atoms with Crippen molar-refractivity contribution in [3.63, 3.8) is 0 Å². The first kappa shape index (κ1) is 12.0. The number of aromatic nitrogens is 2. The summed E-state index contributed by atoms with van der Waals surface area (Å²) in [6, 6.07) is 1.94. The van der Waals surface area contributed by atoms with Gasteiger partial charge < -0.3 is 11.1 Å². The fraction of sp³-hybridized carbons (Fsp3) is 0.545. The number of aryl methyl sites for hydroxylation is 1. The van der Waals surface area contributed by atoms with E-state index in [-0.39, 0.29) is 5.91 Å². The largest absolute Gasteiger partial charge is 0.392 e. The van der Waals surface area contributed by atoms with Crippen LogP contribution < -0.4 is 11.1 Å². The number of nitrogens with one attached hydrogen (secondary N) is 1. The van der Waals surface area contributed by atoms with Gasteiger partial charge in [-0.25, -0.2) is 0 Å². The fourth-order valence-corrected chi connectivity index (χ4v) is 2.08. The van der Waals surface area contributed by atoms with Crippen LogP contribution in [0.15, 0.2) is 12.3 Å². The van der Waals surface area contributed by atoms with Crippen molar-refractivity contribution in [1.29, 1.82) is 0 Å². The molecule has 1 aliphatic carbocycles. The molecule has 6 heteroatoms. The Labute approximate surface area is 105 Å². The minimum absolute atomic E-state index is 0.0408. The van der Waals surface area contributed by atoms with E-state index in [9.17, 15) is 4.79 Å². The zero-order chi connectivity index (χ0) is 12.5. The van der Waals surface area contributed by atoms with Crippen LogP contribution in [0.1, 0.15) is 18.5 Å². The molecule has 1 heterocycles. The second kappa shape index (κ2) is 4.44. The summed E-state index contributed by atoms with van der Waals surface area (Å²) in [6.45, 7) is 0.570. The highest BCUT2D eigenvalue weighted by Gasteiger charge is 2.52. The molecular weight excluding hydrogens is 236 g/mol. The van der Waals surface area contributed by atoms with Crippen molar-refractivity contribution in [2.75, 3.05) is 6.54 Å². The van der Waals surface area contributed by atoms with Crippen LogP contribution in [0.2, 0.25) is 0 Å². The van der Waals surface area contributed by atoms with Crippen molar-refractivity contribution >= 4 is 23.1 Å². The molecular formula is C11H16N4OS. The molecule has 0 atom stereocenters. The van der Waals surface area contributed by atoms with Crippen LogP contribution in [0.5, 0.6) is 0 Å². The van der Waals surface area contributed by atoms with Gasteiger partial charge in [0.05, 0.1) is 16.1 Å². The first-order valence-electron chi connectivity index (χ1n) is 5.61. The first-order chi connectivity index (χ1) is 8.04. The van der Waals surface area contributed by atoms with Gasteiger partial charge >= 0.3 is 0 Å². The van der Waals surface area contributed by atoms with E-state index in [0.717, 1.165) is 25.0 Å². The third-order valence-electron chi connectivity index (χ3n) is 3.09. The van der Waals surface area contributed by atoms with Crippen molar-refractivity contribution in [2.24, 2.45) is 18.2 Å². The summed E-state index contributed by atoms with van der Waals surface area (Å²) in [7, 11) is 1.87. The minimum Gasteiger partial charge on any atom is -0.392 e. The summed E-state index contributed by atoms with van der Waals surface area (Å²) in [5.74, 6) is -0.0408. The third kappa shape index (κ3) is 2.46. The molecule has 1 amide bonds. The Balaban J connectivity index is 1.79. The van der Waals surface area contributed by atoms with Gasteiger partial charge in [0.25, 0.3) is 0 Å². The minimum atomic E-state index is -0.556. The lowest BCUT2D eigenvalue weighted by atomic mass is 10.1. The van der Waals surface area contributed by atoms with E-state index in [1.165, 1.54) is 0 Å². The highest BCUT2D eigenvalue weighted by atomic mass is 32.1. The molecule has 2 rings (SSSR count). The molecule has 0 saturated heterocycles. The van der Waals surface area contributed by atoms with Crippen LogP contribution in [0.25, 0.3) is 0 Å². The Kier molecular flexibility index (Phi) is 3.15. The normalized spacial score (nSPS) is 16.5. The molecule has 0 unspecified atom stereocenters. The predicted molar refractivity (Wildman–Crippen MR) is 68.4 cm³/mol. The lowest BCUT2D eigenvalue weighted by Crippen LogP contribution is -2.40. The molecule has 92 valence electrons. The smallest absolute Gasteiger partial charge is 0.233 e. The molecule has 1 aromatic rings. The topological polar surface area (TPSA) is 72.9 Å². The molecule has 0 bridgehead atoms. The van der Waals surface area contributed by atoms with Gasteiger partial charge in [0.2, 0.25) is 5.91 Å². The van der Waals surface area contributed by atoms with Gasteiger partial charge in [-0.2, -0.15) is 5.10 Å². The van der Waals surface area contributed by atoms with Crippen LogP contribution in [0.4, 0.5) is 0 Å². The van der Waals surface area contributed by atoms with Gasteiger partial charge in [0.1, 0.15) is 0 Å². The molecule has 1 aliphatic rings. The van der Waals surface area contributed by atoms with Gasteiger partial charge in [-0.05, 0) is 18.9 Å². The van der Waals surface area contributed by atoms with Gasteiger partial charge in [0, 0.05) is 26.2 Å². The van der Waals surface area contributed by atoms with E-state index >= 15 is 0 Å². The van der Waals surface area contributed by atoms with Crippen LogP contribution in [0, 0.1) is 5.41 Å². The van der Waals surface area contributed by atoms with Crippen molar-refractivity contribution < 1.29 is 4.79 Å². The number of hydrogen-bond donors (Lipinski definition) is 2. The number of rotatable bonds is 5. The second-order valence-electron chi connectivity index (χ2n) is 4.43. The lowest BCUT2D eigenvalue weighted by molar-refractivity contribution is -0.123. The maximum Gasteiger partial charge on any atom is 0.233 e. The van der Waals surface area contributed by atoms with E-state index in [2.05, 4.69) is 10.4 Å². The Morgan fingerprint density at radius 1 is 1.71 bits per heavy atom. The van der Waals surface area contributed by atoms with Crippen LogP contribution >= 0.6 is 12.2 Å². The highest BCUT2D eigenvalue weighted by molar-refractivity contribution is 7.80. The van der Waals surface area contributed by atoms with Crippen molar-refractivity contribution in [3.8, 4) is 0 Å². The van der Waals surface area contributed by atoms with Crippen molar-refractivity contribution in [1.82, 2.24) is 15.1 Å². The van der Waals surface area contributed by atoms with E-state index in [1.807, 2.05) is 19.3 Å². The number of nitrogens with two attached hydrogens (primary N) is 1. The average Bonchev–Trinajstić information content (AvgIpc) is 2.99. The molecule has 17 heavy (non-hydrogen) atoms. The van der Waals surface area contributed by atoms with Gasteiger partial charge in [-0.1, -0.05) is 12.2 Å². The molecule has 1 aromatic heterocycles. The molecule has 1 fully saturated rings. The molecule has 1 saturated carbocycles. The van der Waals surface area contributed by atoms with E-state index in [4.69, 9.17) is 18.0 Å². The third-order valence-corrected chi connectivity index (χ3v) is 3.48. The zero-order valence-corrected chi connectivity index (χ0v) is 10.6. The summed E-state index contributed by atoms with van der Waals surface area (Å²) in [5.41, 5.74) is 5.98. The SMILES string of the molecule is Cn1ccc(CCNC(=O)C2(C(N)=S)CC2)n1. The Bertz CT molecular complexity index is 450. The number of thiocarbonyl (C=S) groups is 1. The first-order valence-corrected chi connectivity index (χ1v) is 6.02.